The molecule has 1 amide bonds. The Kier molecular flexibility index (Phi) is 5.95. The summed E-state index contributed by atoms with van der Waals surface area (Å²) in [6.45, 7) is 5.95. The number of aromatic nitrogens is 1. The van der Waals surface area contributed by atoms with Crippen LogP contribution >= 0.6 is 0 Å². The molecule has 1 unspecified atom stereocenters. The Morgan fingerprint density at radius 1 is 1.41 bits per heavy atom. The van der Waals surface area contributed by atoms with Gasteiger partial charge in [0.25, 0.3) is 5.91 Å². The molecule has 6 heteroatoms. The highest BCUT2D eigenvalue weighted by molar-refractivity contribution is 6.01. The van der Waals surface area contributed by atoms with Gasteiger partial charge in [0.1, 0.15) is 5.60 Å². The summed E-state index contributed by atoms with van der Waals surface area (Å²) >= 11 is 0. The summed E-state index contributed by atoms with van der Waals surface area (Å²) in [5.74, 6) is -0.0253. The maximum Gasteiger partial charge on any atom is 0.289 e. The van der Waals surface area contributed by atoms with Crippen LogP contribution in [0, 0.1) is 0 Å². The third kappa shape index (κ3) is 5.16. The molecule has 27 heavy (non-hydrogen) atoms. The van der Waals surface area contributed by atoms with E-state index in [1.165, 1.54) is 6.08 Å². The molecule has 146 valence electrons. The van der Waals surface area contributed by atoms with Gasteiger partial charge in [0.05, 0.1) is 0 Å². The van der Waals surface area contributed by atoms with E-state index < -0.39 is 5.60 Å². The molecule has 1 aromatic rings. The zero-order valence-electron chi connectivity index (χ0n) is 16.5. The van der Waals surface area contributed by atoms with E-state index in [2.05, 4.69) is 16.9 Å². The molecule has 0 aliphatic carbocycles. The lowest BCUT2D eigenvalue weighted by Gasteiger charge is -2.39. The van der Waals surface area contributed by atoms with Gasteiger partial charge in [-0.1, -0.05) is 6.07 Å². The number of likely N-dealkylation sites (N-methyl/N-ethyl adjacent to an activating group) is 1. The third-order valence-electron chi connectivity index (χ3n) is 5.24. The lowest BCUT2D eigenvalue weighted by molar-refractivity contribution is -0.139. The van der Waals surface area contributed by atoms with E-state index in [0.717, 1.165) is 31.5 Å². The molecule has 0 radical (unpaired) electrons. The van der Waals surface area contributed by atoms with Crippen LogP contribution < -0.4 is 0 Å². The number of carbonyl (C=O) groups excluding carboxylic acids is 2. The van der Waals surface area contributed by atoms with Crippen molar-refractivity contribution in [3.05, 3.63) is 41.9 Å². The summed E-state index contributed by atoms with van der Waals surface area (Å²) in [7, 11) is 2.10. The summed E-state index contributed by atoms with van der Waals surface area (Å²) < 4.78 is 5.79. The van der Waals surface area contributed by atoms with Crippen LogP contribution in [0.4, 0.5) is 0 Å². The van der Waals surface area contributed by atoms with Gasteiger partial charge in [-0.15, -0.1) is 0 Å². The molecule has 1 saturated heterocycles. The Labute approximate surface area is 161 Å². The largest absolute Gasteiger partial charge is 0.481 e. The summed E-state index contributed by atoms with van der Waals surface area (Å²) in [5, 5.41) is 0. The third-order valence-corrected chi connectivity index (χ3v) is 5.24. The van der Waals surface area contributed by atoms with Crippen molar-refractivity contribution < 1.29 is 14.3 Å². The molecule has 1 atom stereocenters. The second kappa shape index (κ2) is 8.21. The van der Waals surface area contributed by atoms with E-state index in [1.54, 1.807) is 0 Å². The highest BCUT2D eigenvalue weighted by atomic mass is 16.5. The van der Waals surface area contributed by atoms with Crippen LogP contribution in [0.1, 0.15) is 38.8 Å². The van der Waals surface area contributed by atoms with E-state index in [9.17, 15) is 9.59 Å². The number of piperidine rings is 1. The summed E-state index contributed by atoms with van der Waals surface area (Å²) in [6, 6.07) is 6.27. The minimum Gasteiger partial charge on any atom is -0.481 e. The van der Waals surface area contributed by atoms with Gasteiger partial charge in [-0.05, 0) is 45.9 Å². The number of allylic oxidation sites excluding steroid dienone is 1. The van der Waals surface area contributed by atoms with Crippen molar-refractivity contribution in [2.75, 3.05) is 26.7 Å². The van der Waals surface area contributed by atoms with Crippen molar-refractivity contribution in [1.82, 2.24) is 14.8 Å². The maximum absolute atomic E-state index is 12.9. The van der Waals surface area contributed by atoms with Crippen LogP contribution in [-0.2, 0) is 20.7 Å². The Morgan fingerprint density at radius 2 is 2.22 bits per heavy atom. The first kappa shape index (κ1) is 19.5. The fourth-order valence-corrected chi connectivity index (χ4v) is 3.76. The molecule has 2 aliphatic heterocycles. The normalized spacial score (nSPS) is 22.4. The van der Waals surface area contributed by atoms with E-state index in [1.807, 2.05) is 43.1 Å². The first-order valence-electron chi connectivity index (χ1n) is 9.67. The molecule has 3 rings (SSSR count). The second-order valence-corrected chi connectivity index (χ2v) is 8.11. The van der Waals surface area contributed by atoms with E-state index in [0.29, 0.717) is 25.6 Å². The zero-order chi connectivity index (χ0) is 19.4. The molecular weight excluding hydrogens is 342 g/mol. The number of hydrogen-bond donors (Lipinski definition) is 0. The number of amides is 1. The Bertz CT molecular complexity index is 715. The molecule has 3 heterocycles. The van der Waals surface area contributed by atoms with Crippen LogP contribution in [0.25, 0.3) is 0 Å². The van der Waals surface area contributed by atoms with Crippen molar-refractivity contribution in [2.24, 2.45) is 0 Å². The van der Waals surface area contributed by atoms with Crippen LogP contribution in [0.5, 0.6) is 0 Å². The molecule has 6 nitrogen and oxygen atoms in total. The SMILES string of the molecule is CN(CCc1ccccn1)C1CCCN(C(=O)C2=CC(=O)CC(C)(C)O2)C1. The van der Waals surface area contributed by atoms with Crippen LogP contribution in [0.3, 0.4) is 0 Å². The predicted octanol–water partition coefficient (Wildman–Crippen LogP) is 2.20. The smallest absolute Gasteiger partial charge is 0.289 e. The second-order valence-electron chi connectivity index (χ2n) is 8.11. The number of hydrogen-bond acceptors (Lipinski definition) is 5. The molecule has 0 saturated carbocycles. The number of likely N-dealkylation sites (tertiary alicyclic amines) is 1. The average molecular weight is 371 g/mol. The van der Waals surface area contributed by atoms with Crippen molar-refractivity contribution in [3.8, 4) is 0 Å². The van der Waals surface area contributed by atoms with E-state index >= 15 is 0 Å². The summed E-state index contributed by atoms with van der Waals surface area (Å²) in [5.41, 5.74) is 0.459. The van der Waals surface area contributed by atoms with Crippen LogP contribution in [0.15, 0.2) is 36.2 Å². The Balaban J connectivity index is 1.58. The quantitative estimate of drug-likeness (QED) is 0.794. The minimum absolute atomic E-state index is 0.0457. The van der Waals surface area contributed by atoms with Gasteiger partial charge in [-0.25, -0.2) is 0 Å². The lowest BCUT2D eigenvalue weighted by atomic mass is 9.98. The molecule has 1 aromatic heterocycles. The number of pyridine rings is 1. The van der Waals surface area contributed by atoms with E-state index in [4.69, 9.17) is 4.74 Å². The van der Waals surface area contributed by atoms with Gasteiger partial charge in [-0.2, -0.15) is 0 Å². The molecule has 0 aromatic carbocycles. The number of ether oxygens (including phenoxy) is 1. The molecule has 0 N–H and O–H groups in total. The first-order chi connectivity index (χ1) is 12.8. The van der Waals surface area contributed by atoms with Gasteiger partial charge in [0, 0.05) is 56.5 Å². The molecule has 0 bridgehead atoms. The molecular formula is C21H29N3O3. The number of rotatable bonds is 5. The number of ketones is 1. The predicted molar refractivity (Wildman–Crippen MR) is 103 cm³/mol. The fraction of sp³-hybridized carbons (Fsp3) is 0.571. The summed E-state index contributed by atoms with van der Waals surface area (Å²) in [4.78, 5) is 33.3. The van der Waals surface area contributed by atoms with Gasteiger partial charge in [0.15, 0.2) is 11.5 Å². The lowest BCUT2D eigenvalue weighted by Crippen LogP contribution is -2.50. The number of carbonyl (C=O) groups is 2. The van der Waals surface area contributed by atoms with Crippen LogP contribution in [0.2, 0.25) is 0 Å². The van der Waals surface area contributed by atoms with Gasteiger partial charge < -0.3 is 14.5 Å². The Morgan fingerprint density at radius 3 is 2.93 bits per heavy atom. The van der Waals surface area contributed by atoms with Gasteiger partial charge in [-0.3, -0.25) is 14.6 Å². The average Bonchev–Trinajstić information content (AvgIpc) is 2.65. The van der Waals surface area contributed by atoms with E-state index in [-0.39, 0.29) is 17.4 Å². The highest BCUT2D eigenvalue weighted by Crippen LogP contribution is 2.27. The standard InChI is InChI=1S/C21H29N3O3/c1-21(2)14-18(25)13-19(27-21)20(26)24-11-6-8-17(15-24)23(3)12-9-16-7-4-5-10-22-16/h4-5,7,10,13,17H,6,8-9,11-12,14-15H2,1-3H3. The Hall–Kier alpha value is -2.21. The summed E-state index contributed by atoms with van der Waals surface area (Å²) in [6.07, 6.45) is 6.39. The zero-order valence-corrected chi connectivity index (χ0v) is 16.5. The van der Waals surface area contributed by atoms with Gasteiger partial charge in [0.2, 0.25) is 0 Å². The highest BCUT2D eigenvalue weighted by Gasteiger charge is 2.35. The molecule has 2 aliphatic rings. The fourth-order valence-electron chi connectivity index (χ4n) is 3.76. The van der Waals surface area contributed by atoms with Gasteiger partial charge >= 0.3 is 0 Å². The molecule has 0 spiro atoms. The monoisotopic (exact) mass is 371 g/mol. The topological polar surface area (TPSA) is 62.7 Å². The molecule has 1 fully saturated rings. The van der Waals surface area contributed by atoms with Crippen molar-refractivity contribution in [3.63, 3.8) is 0 Å². The minimum atomic E-state index is -0.620. The van der Waals surface area contributed by atoms with Crippen molar-refractivity contribution >= 4 is 11.7 Å². The number of nitrogens with zero attached hydrogens (tertiary/aromatic N) is 3. The van der Waals surface area contributed by atoms with Crippen LogP contribution in [-0.4, -0.2) is 64.8 Å². The first-order valence-corrected chi connectivity index (χ1v) is 9.67. The maximum atomic E-state index is 12.9. The van der Waals surface area contributed by atoms with Crippen molar-refractivity contribution in [1.29, 1.82) is 0 Å². The van der Waals surface area contributed by atoms with Crippen molar-refractivity contribution in [2.45, 2.75) is 51.2 Å².